The Balaban J connectivity index is 1.80. The Labute approximate surface area is 133 Å². The van der Waals surface area contributed by atoms with E-state index >= 15 is 0 Å². The predicted molar refractivity (Wildman–Crippen MR) is 85.9 cm³/mol. The maximum Gasteiger partial charge on any atom is 0.293 e. The average Bonchev–Trinajstić information content (AvgIpc) is 3.09. The van der Waals surface area contributed by atoms with Gasteiger partial charge in [0.1, 0.15) is 5.69 Å². The molecular formula is C16H18N4O3. The second-order valence-corrected chi connectivity index (χ2v) is 5.79. The number of aromatic nitrogens is 2. The molecule has 0 atom stereocenters. The molecule has 2 heterocycles. The molecule has 7 heteroatoms. The fourth-order valence-electron chi connectivity index (χ4n) is 3.08. The van der Waals surface area contributed by atoms with Gasteiger partial charge in [-0.3, -0.25) is 20.0 Å². The van der Waals surface area contributed by atoms with Crippen LogP contribution >= 0.6 is 0 Å². The Morgan fingerprint density at radius 1 is 1.35 bits per heavy atom. The summed E-state index contributed by atoms with van der Waals surface area (Å²) < 4.78 is 0. The quantitative estimate of drug-likeness (QED) is 0.532. The maximum atomic E-state index is 11.4. The lowest BCUT2D eigenvalue weighted by molar-refractivity contribution is -0.384. The SMILES string of the molecule is CC(=O)c1ccc(N2CCC(c3ccn[nH]3)CC2)c([N+](=O)[O-])c1. The molecule has 1 aromatic carbocycles. The first-order valence-corrected chi connectivity index (χ1v) is 7.60. The monoisotopic (exact) mass is 314 g/mol. The number of rotatable bonds is 4. The molecule has 0 radical (unpaired) electrons. The molecular weight excluding hydrogens is 296 g/mol. The van der Waals surface area contributed by atoms with Crippen LogP contribution in [0.3, 0.4) is 0 Å². The molecule has 3 rings (SSSR count). The smallest absolute Gasteiger partial charge is 0.293 e. The van der Waals surface area contributed by atoms with Gasteiger partial charge in [-0.25, -0.2) is 0 Å². The molecule has 1 aliphatic rings. The summed E-state index contributed by atoms with van der Waals surface area (Å²) in [6, 6.07) is 6.69. The first-order chi connectivity index (χ1) is 11.1. The molecule has 23 heavy (non-hydrogen) atoms. The topological polar surface area (TPSA) is 92.1 Å². The van der Waals surface area contributed by atoms with Crippen molar-refractivity contribution in [1.29, 1.82) is 0 Å². The van der Waals surface area contributed by atoms with E-state index in [4.69, 9.17) is 0 Å². The van der Waals surface area contributed by atoms with E-state index in [1.54, 1.807) is 18.3 Å². The number of carbonyl (C=O) groups is 1. The van der Waals surface area contributed by atoms with Gasteiger partial charge in [-0.2, -0.15) is 5.10 Å². The average molecular weight is 314 g/mol. The summed E-state index contributed by atoms with van der Waals surface area (Å²) in [5.74, 6) is 0.238. The highest BCUT2D eigenvalue weighted by Gasteiger charge is 2.26. The van der Waals surface area contributed by atoms with E-state index in [0.717, 1.165) is 31.6 Å². The zero-order valence-corrected chi connectivity index (χ0v) is 12.9. The Kier molecular flexibility index (Phi) is 4.10. The number of nitro benzene ring substituents is 1. The van der Waals surface area contributed by atoms with Crippen molar-refractivity contribution in [1.82, 2.24) is 10.2 Å². The van der Waals surface area contributed by atoms with Crippen LogP contribution < -0.4 is 4.90 Å². The minimum Gasteiger partial charge on any atom is -0.366 e. The van der Waals surface area contributed by atoms with Crippen LogP contribution in [0.2, 0.25) is 0 Å². The van der Waals surface area contributed by atoms with E-state index in [2.05, 4.69) is 10.2 Å². The van der Waals surface area contributed by atoms with Crippen molar-refractivity contribution in [2.45, 2.75) is 25.7 Å². The van der Waals surface area contributed by atoms with E-state index < -0.39 is 4.92 Å². The zero-order valence-electron chi connectivity index (χ0n) is 12.9. The van der Waals surface area contributed by atoms with Gasteiger partial charge in [-0.1, -0.05) is 0 Å². The van der Waals surface area contributed by atoms with Crippen LogP contribution in [-0.4, -0.2) is 34.0 Å². The number of ketones is 1. The highest BCUT2D eigenvalue weighted by Crippen LogP contribution is 2.34. The summed E-state index contributed by atoms with van der Waals surface area (Å²) in [7, 11) is 0. The molecule has 120 valence electrons. The third-order valence-electron chi connectivity index (χ3n) is 4.38. The molecule has 1 aliphatic heterocycles. The van der Waals surface area contributed by atoms with Crippen LogP contribution in [0.25, 0.3) is 0 Å². The molecule has 2 aromatic rings. The summed E-state index contributed by atoms with van der Waals surface area (Å²) >= 11 is 0. The van der Waals surface area contributed by atoms with Crippen LogP contribution in [0.4, 0.5) is 11.4 Å². The minimum atomic E-state index is -0.414. The summed E-state index contributed by atoms with van der Waals surface area (Å²) in [5, 5.41) is 18.3. The summed E-state index contributed by atoms with van der Waals surface area (Å²) in [6.07, 6.45) is 3.56. The summed E-state index contributed by atoms with van der Waals surface area (Å²) in [4.78, 5) is 24.4. The number of hydrogen-bond donors (Lipinski definition) is 1. The number of piperidine rings is 1. The van der Waals surface area contributed by atoms with E-state index in [1.807, 2.05) is 11.0 Å². The number of nitro groups is 1. The van der Waals surface area contributed by atoms with Crippen molar-refractivity contribution < 1.29 is 9.72 Å². The van der Waals surface area contributed by atoms with Gasteiger partial charge in [0.15, 0.2) is 5.78 Å². The van der Waals surface area contributed by atoms with Crippen LogP contribution in [0.15, 0.2) is 30.5 Å². The van der Waals surface area contributed by atoms with Gasteiger partial charge in [0, 0.05) is 42.5 Å². The van der Waals surface area contributed by atoms with Gasteiger partial charge < -0.3 is 4.90 Å². The van der Waals surface area contributed by atoms with Crippen LogP contribution in [0, 0.1) is 10.1 Å². The predicted octanol–water partition coefficient (Wildman–Crippen LogP) is 2.90. The number of nitrogens with one attached hydrogen (secondary N) is 1. The Hall–Kier alpha value is -2.70. The van der Waals surface area contributed by atoms with Crippen LogP contribution in [-0.2, 0) is 0 Å². The fraction of sp³-hybridized carbons (Fsp3) is 0.375. The normalized spacial score (nSPS) is 15.6. The van der Waals surface area contributed by atoms with Gasteiger partial charge in [-0.15, -0.1) is 0 Å². The highest BCUT2D eigenvalue weighted by atomic mass is 16.6. The molecule has 1 aromatic heterocycles. The van der Waals surface area contributed by atoms with E-state index in [-0.39, 0.29) is 11.5 Å². The molecule has 0 amide bonds. The van der Waals surface area contributed by atoms with Gasteiger partial charge >= 0.3 is 0 Å². The van der Waals surface area contributed by atoms with Gasteiger partial charge in [0.05, 0.1) is 4.92 Å². The molecule has 1 saturated heterocycles. The number of anilines is 1. The minimum absolute atomic E-state index is 0.00214. The lowest BCUT2D eigenvalue weighted by atomic mass is 9.93. The van der Waals surface area contributed by atoms with E-state index in [0.29, 0.717) is 17.2 Å². The Bertz CT molecular complexity index is 719. The third kappa shape index (κ3) is 3.08. The van der Waals surface area contributed by atoms with Crippen LogP contribution in [0.5, 0.6) is 0 Å². The van der Waals surface area contributed by atoms with E-state index in [1.165, 1.54) is 13.0 Å². The molecule has 1 fully saturated rings. The Morgan fingerprint density at radius 2 is 2.09 bits per heavy atom. The third-order valence-corrected chi connectivity index (χ3v) is 4.38. The number of Topliss-reactive ketones (excluding diaryl/α,β-unsaturated/α-hetero) is 1. The van der Waals surface area contributed by atoms with E-state index in [9.17, 15) is 14.9 Å². The van der Waals surface area contributed by atoms with Gasteiger partial charge in [0.2, 0.25) is 0 Å². The Morgan fingerprint density at radius 3 is 2.65 bits per heavy atom. The number of H-pyrrole nitrogens is 1. The largest absolute Gasteiger partial charge is 0.366 e. The molecule has 0 spiro atoms. The fourth-order valence-corrected chi connectivity index (χ4v) is 3.08. The number of benzene rings is 1. The maximum absolute atomic E-state index is 11.4. The molecule has 7 nitrogen and oxygen atoms in total. The molecule has 0 saturated carbocycles. The van der Waals surface area contributed by atoms with Gasteiger partial charge in [0.25, 0.3) is 5.69 Å². The second-order valence-electron chi connectivity index (χ2n) is 5.79. The number of nitrogens with zero attached hydrogens (tertiary/aromatic N) is 3. The first kappa shape index (κ1) is 15.2. The number of carbonyl (C=O) groups excluding carboxylic acids is 1. The van der Waals surface area contributed by atoms with Crippen molar-refractivity contribution >= 4 is 17.2 Å². The van der Waals surface area contributed by atoms with Crippen LogP contribution in [0.1, 0.15) is 41.7 Å². The number of hydrogen-bond acceptors (Lipinski definition) is 5. The molecule has 0 aliphatic carbocycles. The number of aromatic amines is 1. The standard InChI is InChI=1S/C16H18N4O3/c1-11(21)13-2-3-15(16(10-13)20(22)23)19-8-5-12(6-9-19)14-4-7-17-18-14/h2-4,7,10,12H,5-6,8-9H2,1H3,(H,17,18). The first-order valence-electron chi connectivity index (χ1n) is 7.60. The lowest BCUT2D eigenvalue weighted by Crippen LogP contribution is -2.33. The summed E-state index contributed by atoms with van der Waals surface area (Å²) in [6.45, 7) is 2.89. The van der Waals surface area contributed by atoms with Crippen molar-refractivity contribution in [3.63, 3.8) is 0 Å². The highest BCUT2D eigenvalue weighted by molar-refractivity contribution is 5.95. The lowest BCUT2D eigenvalue weighted by Gasteiger charge is -2.32. The zero-order chi connectivity index (χ0) is 16.4. The van der Waals surface area contributed by atoms with Crippen molar-refractivity contribution in [3.8, 4) is 0 Å². The van der Waals surface area contributed by atoms with Crippen molar-refractivity contribution in [2.75, 3.05) is 18.0 Å². The molecule has 1 N–H and O–H groups in total. The molecule has 0 bridgehead atoms. The molecule has 0 unspecified atom stereocenters. The van der Waals surface area contributed by atoms with Gasteiger partial charge in [-0.05, 0) is 38.0 Å². The van der Waals surface area contributed by atoms with Crippen molar-refractivity contribution in [3.05, 3.63) is 51.8 Å². The second kappa shape index (κ2) is 6.20. The summed E-state index contributed by atoms with van der Waals surface area (Å²) in [5.41, 5.74) is 2.07. The van der Waals surface area contributed by atoms with Crippen molar-refractivity contribution in [2.24, 2.45) is 0 Å².